The Bertz CT molecular complexity index is 2130. The molecule has 2 atom stereocenters. The Morgan fingerprint density at radius 2 is 1.57 bits per heavy atom. The van der Waals surface area contributed by atoms with Crippen molar-refractivity contribution in [2.75, 3.05) is 77.3 Å². The molecular weight excluding hydrogens is 745 g/mol. The fourth-order valence-electron chi connectivity index (χ4n) is 7.35. The number of nitrogens with zero attached hydrogens (tertiary/aromatic N) is 6. The lowest BCUT2D eigenvalue weighted by Gasteiger charge is -2.40. The SMILES string of the molecule is C=C1CCC(N2C(=O)c3ccc(OCCOCCOCCOCCN4CCN(c5cc(-c6n[nH]c7ccc(OC(C)(C)C)cc67)ncn5)C[C@@H]4C)cc3C2=O)C(=O)N1. The summed E-state index contributed by atoms with van der Waals surface area (Å²) in [4.78, 5) is 53.4. The number of aromatic nitrogens is 4. The van der Waals surface area contributed by atoms with Crippen LogP contribution in [0, 0.1) is 0 Å². The monoisotopic (exact) mass is 796 g/mol. The van der Waals surface area contributed by atoms with Gasteiger partial charge in [0.1, 0.15) is 47.6 Å². The van der Waals surface area contributed by atoms with Crippen molar-refractivity contribution in [2.24, 2.45) is 0 Å². The van der Waals surface area contributed by atoms with Crippen LogP contribution in [0.1, 0.15) is 61.3 Å². The minimum Gasteiger partial charge on any atom is -0.491 e. The molecule has 7 rings (SSSR count). The summed E-state index contributed by atoms with van der Waals surface area (Å²) < 4.78 is 29.0. The molecule has 16 nitrogen and oxygen atoms in total. The second kappa shape index (κ2) is 18.0. The first-order valence-electron chi connectivity index (χ1n) is 19.8. The molecule has 16 heteroatoms. The minimum atomic E-state index is -0.853. The molecule has 2 aromatic carbocycles. The maximum Gasteiger partial charge on any atom is 0.262 e. The summed E-state index contributed by atoms with van der Waals surface area (Å²) in [6.07, 6.45) is 2.46. The molecule has 2 aromatic heterocycles. The zero-order valence-electron chi connectivity index (χ0n) is 33.6. The normalized spacial score (nSPS) is 18.9. The predicted molar refractivity (Wildman–Crippen MR) is 216 cm³/mol. The number of benzene rings is 2. The van der Waals surface area contributed by atoms with Gasteiger partial charge in [0.05, 0.1) is 62.0 Å². The molecule has 0 aliphatic carbocycles. The number of nitrogens with one attached hydrogen (secondary N) is 2. The lowest BCUT2D eigenvalue weighted by atomic mass is 10.0. The number of allylic oxidation sites excluding steroid dienone is 1. The van der Waals surface area contributed by atoms with Crippen molar-refractivity contribution in [2.45, 2.75) is 58.2 Å². The van der Waals surface area contributed by atoms with Crippen LogP contribution in [0.15, 0.2) is 61.1 Å². The number of imide groups is 1. The second-order valence-corrected chi connectivity index (χ2v) is 15.6. The molecule has 4 aromatic rings. The van der Waals surface area contributed by atoms with Gasteiger partial charge in [0.2, 0.25) is 5.91 Å². The Labute approximate surface area is 337 Å². The quantitative estimate of drug-likeness (QED) is 0.115. The van der Waals surface area contributed by atoms with Crippen molar-refractivity contribution in [3.05, 3.63) is 72.2 Å². The van der Waals surface area contributed by atoms with Crippen molar-refractivity contribution in [3.63, 3.8) is 0 Å². The van der Waals surface area contributed by atoms with E-state index in [1.807, 2.05) is 45.0 Å². The van der Waals surface area contributed by atoms with Crippen LogP contribution in [0.2, 0.25) is 0 Å². The van der Waals surface area contributed by atoms with Crippen LogP contribution in [-0.4, -0.2) is 138 Å². The maximum absolute atomic E-state index is 13.1. The molecule has 2 fully saturated rings. The zero-order chi connectivity index (χ0) is 40.8. The number of hydrogen-bond donors (Lipinski definition) is 2. The van der Waals surface area contributed by atoms with E-state index in [1.54, 1.807) is 18.5 Å². The number of fused-ring (bicyclic) bond motifs is 2. The molecule has 2 N–H and O–H groups in total. The molecule has 0 radical (unpaired) electrons. The van der Waals surface area contributed by atoms with E-state index < -0.39 is 23.8 Å². The fraction of sp³-hybridized carbons (Fsp3) is 0.476. The highest BCUT2D eigenvalue weighted by atomic mass is 16.6. The van der Waals surface area contributed by atoms with E-state index >= 15 is 0 Å². The third kappa shape index (κ3) is 9.64. The Balaban J connectivity index is 0.750. The Morgan fingerprint density at radius 3 is 2.31 bits per heavy atom. The topological polar surface area (TPSA) is 174 Å². The molecule has 0 saturated carbocycles. The van der Waals surface area contributed by atoms with E-state index in [2.05, 4.69) is 48.8 Å². The highest BCUT2D eigenvalue weighted by molar-refractivity contribution is 6.23. The van der Waals surface area contributed by atoms with Crippen LogP contribution >= 0.6 is 0 Å². The van der Waals surface area contributed by atoms with Gasteiger partial charge in [0.15, 0.2) is 0 Å². The van der Waals surface area contributed by atoms with E-state index in [-0.39, 0.29) is 23.3 Å². The fourth-order valence-corrected chi connectivity index (χ4v) is 7.35. The number of piperazine rings is 1. The molecular formula is C42H52N8O8. The van der Waals surface area contributed by atoms with Crippen molar-refractivity contribution in [1.29, 1.82) is 0 Å². The van der Waals surface area contributed by atoms with Crippen LogP contribution in [0.3, 0.4) is 0 Å². The lowest BCUT2D eigenvalue weighted by molar-refractivity contribution is -0.125. The largest absolute Gasteiger partial charge is 0.491 e. The summed E-state index contributed by atoms with van der Waals surface area (Å²) in [5.74, 6) is 0.730. The van der Waals surface area contributed by atoms with E-state index in [1.165, 1.54) is 6.07 Å². The molecule has 0 bridgehead atoms. The van der Waals surface area contributed by atoms with Gasteiger partial charge in [-0.3, -0.25) is 29.3 Å². The molecule has 58 heavy (non-hydrogen) atoms. The van der Waals surface area contributed by atoms with Crippen LogP contribution in [-0.2, 0) is 19.0 Å². The van der Waals surface area contributed by atoms with Crippen molar-refractivity contribution < 1.29 is 38.1 Å². The first kappa shape index (κ1) is 40.8. The van der Waals surface area contributed by atoms with E-state index in [0.29, 0.717) is 70.0 Å². The van der Waals surface area contributed by atoms with Gasteiger partial charge in [-0.1, -0.05) is 6.58 Å². The van der Waals surface area contributed by atoms with E-state index in [4.69, 9.17) is 23.7 Å². The Morgan fingerprint density at radius 1 is 0.845 bits per heavy atom. The van der Waals surface area contributed by atoms with E-state index in [0.717, 1.165) is 64.9 Å². The van der Waals surface area contributed by atoms with Crippen molar-refractivity contribution >= 4 is 34.4 Å². The average Bonchev–Trinajstić information content (AvgIpc) is 3.72. The van der Waals surface area contributed by atoms with Crippen molar-refractivity contribution in [1.82, 2.24) is 35.3 Å². The Hall–Kier alpha value is -5.42. The number of carbonyl (C=O) groups is 3. The number of carbonyl (C=O) groups excluding carboxylic acids is 3. The summed E-state index contributed by atoms with van der Waals surface area (Å²) >= 11 is 0. The molecule has 2 saturated heterocycles. The number of amides is 3. The first-order valence-corrected chi connectivity index (χ1v) is 19.8. The van der Waals surface area contributed by atoms with Gasteiger partial charge < -0.3 is 33.9 Å². The highest BCUT2D eigenvalue weighted by Crippen LogP contribution is 2.32. The third-order valence-electron chi connectivity index (χ3n) is 10.2. The number of piperidine rings is 1. The standard InChI is InChI=1S/C42H52N8O8/c1-27-6-11-36(39(51)45-27)50-40(52)31-9-7-29(22-32(31)41(50)53)57-21-20-56-19-18-55-17-16-54-15-14-48-12-13-49(25-28(48)2)37-24-35(43-26-44-37)38-33-23-30(58-42(3,4)5)8-10-34(33)46-47-38/h7-10,22-24,26,28,36H,1,6,11-21,25H2,2-5H3,(H,45,51)(H,46,47)/t28-,36?/m0/s1. The number of rotatable bonds is 17. The van der Waals surface area contributed by atoms with Gasteiger partial charge in [0.25, 0.3) is 11.8 Å². The van der Waals surface area contributed by atoms with Crippen LogP contribution in [0.4, 0.5) is 5.82 Å². The van der Waals surface area contributed by atoms with Crippen LogP contribution in [0.25, 0.3) is 22.3 Å². The predicted octanol–water partition coefficient (Wildman–Crippen LogP) is 4.22. The highest BCUT2D eigenvalue weighted by Gasteiger charge is 2.44. The molecule has 3 aliphatic heterocycles. The van der Waals surface area contributed by atoms with Gasteiger partial charge in [-0.05, 0) is 76.9 Å². The molecule has 3 aliphatic rings. The van der Waals surface area contributed by atoms with Crippen molar-refractivity contribution in [3.8, 4) is 22.9 Å². The third-order valence-corrected chi connectivity index (χ3v) is 10.2. The summed E-state index contributed by atoms with van der Waals surface area (Å²) in [6.45, 7) is 18.4. The summed E-state index contributed by atoms with van der Waals surface area (Å²) in [7, 11) is 0. The zero-order valence-corrected chi connectivity index (χ0v) is 33.6. The molecule has 3 amide bonds. The van der Waals surface area contributed by atoms with Gasteiger partial charge in [0, 0.05) is 49.4 Å². The number of aromatic amines is 1. The number of H-pyrrole nitrogens is 1. The first-order chi connectivity index (χ1) is 27.9. The molecule has 1 unspecified atom stereocenters. The summed E-state index contributed by atoms with van der Waals surface area (Å²) in [5, 5.41) is 11.3. The number of ether oxygens (including phenoxy) is 5. The van der Waals surface area contributed by atoms with Gasteiger partial charge >= 0.3 is 0 Å². The average molecular weight is 797 g/mol. The number of anilines is 1. The summed E-state index contributed by atoms with van der Waals surface area (Å²) in [6, 6.07) is 12.1. The maximum atomic E-state index is 13.1. The van der Waals surface area contributed by atoms with E-state index in [9.17, 15) is 14.4 Å². The molecule has 5 heterocycles. The molecule has 0 spiro atoms. The van der Waals surface area contributed by atoms with Crippen LogP contribution in [0.5, 0.6) is 11.5 Å². The number of hydrogen-bond acceptors (Lipinski definition) is 13. The van der Waals surface area contributed by atoms with Gasteiger partial charge in [-0.2, -0.15) is 5.10 Å². The summed E-state index contributed by atoms with van der Waals surface area (Å²) in [5.41, 5.74) is 3.21. The Kier molecular flexibility index (Phi) is 12.7. The van der Waals surface area contributed by atoms with Crippen LogP contribution < -0.4 is 19.7 Å². The minimum absolute atomic E-state index is 0.226. The van der Waals surface area contributed by atoms with Gasteiger partial charge in [-0.15, -0.1) is 0 Å². The van der Waals surface area contributed by atoms with Gasteiger partial charge in [-0.25, -0.2) is 9.97 Å². The second-order valence-electron chi connectivity index (χ2n) is 15.6. The lowest BCUT2D eigenvalue weighted by Crippen LogP contribution is -2.53. The molecule has 308 valence electrons. The smallest absolute Gasteiger partial charge is 0.262 e.